The van der Waals surface area contributed by atoms with Crippen LogP contribution in [0.3, 0.4) is 0 Å². The molecule has 134 valence electrons. The van der Waals surface area contributed by atoms with E-state index in [4.69, 9.17) is 23.2 Å². The molecule has 1 saturated heterocycles. The topological polar surface area (TPSA) is 95.8 Å². The van der Waals surface area contributed by atoms with Gasteiger partial charge in [0.2, 0.25) is 0 Å². The predicted molar refractivity (Wildman–Crippen MR) is 95.9 cm³/mol. The molecule has 0 atom stereocenters. The quantitative estimate of drug-likeness (QED) is 0.727. The Hall–Kier alpha value is -2.65. The second kappa shape index (κ2) is 6.93. The lowest BCUT2D eigenvalue weighted by atomic mass is 10.2. The van der Waals surface area contributed by atoms with E-state index >= 15 is 0 Å². The summed E-state index contributed by atoms with van der Waals surface area (Å²) < 4.78 is 1.38. The largest absolute Gasteiger partial charge is 0.368 e. The molecule has 0 aliphatic carbocycles. The normalized spacial score (nSPS) is 14.7. The van der Waals surface area contributed by atoms with E-state index in [1.54, 1.807) is 11.0 Å². The average molecular weight is 393 g/mol. The van der Waals surface area contributed by atoms with Gasteiger partial charge in [-0.2, -0.15) is 9.78 Å². The molecule has 1 fully saturated rings. The summed E-state index contributed by atoms with van der Waals surface area (Å²) in [4.78, 5) is 16.8. The van der Waals surface area contributed by atoms with E-state index in [-0.39, 0.29) is 5.91 Å². The van der Waals surface area contributed by atoms with Crippen LogP contribution in [0, 0.1) is 0 Å². The minimum Gasteiger partial charge on any atom is -0.368 e. The highest BCUT2D eigenvalue weighted by Gasteiger charge is 2.26. The van der Waals surface area contributed by atoms with Crippen molar-refractivity contribution in [2.24, 2.45) is 0 Å². The molecule has 3 aromatic rings. The van der Waals surface area contributed by atoms with E-state index < -0.39 is 0 Å². The van der Waals surface area contributed by atoms with Crippen LogP contribution in [0.2, 0.25) is 10.0 Å². The first-order chi connectivity index (χ1) is 12.6. The number of carbonyl (C=O) groups excluding carboxylic acids is 1. The van der Waals surface area contributed by atoms with Crippen LogP contribution in [-0.2, 0) is 0 Å². The van der Waals surface area contributed by atoms with Crippen molar-refractivity contribution in [3.63, 3.8) is 0 Å². The van der Waals surface area contributed by atoms with Gasteiger partial charge in [0.05, 0.1) is 16.2 Å². The van der Waals surface area contributed by atoms with Crippen LogP contribution < -0.4 is 4.90 Å². The third kappa shape index (κ3) is 3.11. The molecule has 9 nitrogen and oxygen atoms in total. The molecule has 11 heteroatoms. The maximum Gasteiger partial charge on any atom is 0.259 e. The van der Waals surface area contributed by atoms with E-state index in [0.717, 1.165) is 5.69 Å². The number of amides is 1. The summed E-state index contributed by atoms with van der Waals surface area (Å²) in [5.41, 5.74) is 1.42. The van der Waals surface area contributed by atoms with Crippen LogP contribution in [0.1, 0.15) is 10.4 Å². The lowest BCUT2D eigenvalue weighted by molar-refractivity contribution is 0.0746. The molecule has 0 unspecified atom stereocenters. The van der Waals surface area contributed by atoms with Gasteiger partial charge in [-0.05, 0) is 28.6 Å². The summed E-state index contributed by atoms with van der Waals surface area (Å²) in [6.07, 6.45) is 2.90. The fraction of sp³-hybridized carbons (Fsp3) is 0.267. The van der Waals surface area contributed by atoms with Crippen LogP contribution in [0.4, 0.5) is 5.69 Å². The number of halogens is 2. The number of nitrogens with one attached hydrogen (secondary N) is 1. The number of rotatable bonds is 3. The average Bonchev–Trinajstić information content (AvgIpc) is 3.34. The number of hydrogen-bond donors (Lipinski definition) is 1. The van der Waals surface area contributed by atoms with Crippen LogP contribution in [0.25, 0.3) is 5.82 Å². The van der Waals surface area contributed by atoms with Gasteiger partial charge in [0.1, 0.15) is 11.9 Å². The number of H-pyrrole nitrogens is 1. The first kappa shape index (κ1) is 16.8. The Bertz CT molecular complexity index is 918. The number of nitrogens with zero attached hydrogens (tertiary/aromatic N) is 7. The van der Waals surface area contributed by atoms with Crippen molar-refractivity contribution in [3.05, 3.63) is 46.3 Å². The maximum atomic E-state index is 12.8. The van der Waals surface area contributed by atoms with Crippen LogP contribution in [-0.4, -0.2) is 67.4 Å². The lowest BCUT2D eigenvalue weighted by Gasteiger charge is -2.36. The van der Waals surface area contributed by atoms with Crippen molar-refractivity contribution in [2.45, 2.75) is 0 Å². The van der Waals surface area contributed by atoms with Gasteiger partial charge in [0.15, 0.2) is 5.82 Å². The second-order valence-corrected chi connectivity index (χ2v) is 6.58. The molecule has 2 aromatic heterocycles. The minimum atomic E-state index is -0.113. The Morgan fingerprint density at radius 1 is 1.12 bits per heavy atom. The third-order valence-electron chi connectivity index (χ3n) is 4.26. The molecule has 1 aliphatic heterocycles. The highest BCUT2D eigenvalue weighted by molar-refractivity contribution is 6.42. The van der Waals surface area contributed by atoms with Crippen LogP contribution in [0.15, 0.2) is 30.7 Å². The van der Waals surface area contributed by atoms with E-state index in [9.17, 15) is 4.79 Å². The molecule has 0 radical (unpaired) electrons. The van der Waals surface area contributed by atoms with Crippen molar-refractivity contribution in [1.29, 1.82) is 0 Å². The lowest BCUT2D eigenvalue weighted by Crippen LogP contribution is -2.48. The second-order valence-electron chi connectivity index (χ2n) is 5.76. The van der Waals surface area contributed by atoms with Crippen LogP contribution in [0.5, 0.6) is 0 Å². The fourth-order valence-corrected chi connectivity index (χ4v) is 3.19. The highest BCUT2D eigenvalue weighted by Crippen LogP contribution is 2.28. The van der Waals surface area contributed by atoms with E-state index in [2.05, 4.69) is 30.6 Å². The van der Waals surface area contributed by atoms with Crippen molar-refractivity contribution < 1.29 is 4.79 Å². The predicted octanol–water partition coefficient (Wildman–Crippen LogP) is 1.65. The summed E-state index contributed by atoms with van der Waals surface area (Å²) in [7, 11) is 0. The van der Waals surface area contributed by atoms with Gasteiger partial charge in [0.25, 0.3) is 5.91 Å². The Morgan fingerprint density at radius 2 is 1.92 bits per heavy atom. The molecule has 3 heterocycles. The molecule has 0 bridgehead atoms. The Balaban J connectivity index is 1.46. The molecule has 1 N–H and O–H groups in total. The maximum absolute atomic E-state index is 12.8. The van der Waals surface area contributed by atoms with E-state index in [1.807, 2.05) is 12.1 Å². The molecule has 1 aliphatic rings. The van der Waals surface area contributed by atoms with Crippen molar-refractivity contribution in [2.75, 3.05) is 31.1 Å². The number of piperazine rings is 1. The number of tetrazole rings is 1. The molecule has 0 saturated carbocycles. The SMILES string of the molecule is O=C(c1cn[nH]c1-n1cnnn1)N1CCN(c2ccc(Cl)c(Cl)c2)CC1. The van der Waals surface area contributed by atoms with Gasteiger partial charge in [-0.1, -0.05) is 23.2 Å². The smallest absolute Gasteiger partial charge is 0.259 e. The van der Waals surface area contributed by atoms with E-state index in [0.29, 0.717) is 47.6 Å². The monoisotopic (exact) mass is 392 g/mol. The van der Waals surface area contributed by atoms with Crippen molar-refractivity contribution in [1.82, 2.24) is 35.3 Å². The van der Waals surface area contributed by atoms with Crippen LogP contribution >= 0.6 is 23.2 Å². The van der Waals surface area contributed by atoms with Gasteiger partial charge >= 0.3 is 0 Å². The van der Waals surface area contributed by atoms with Crippen molar-refractivity contribution >= 4 is 34.8 Å². The summed E-state index contributed by atoms with van der Waals surface area (Å²) in [5.74, 6) is 0.338. The number of carbonyl (C=O) groups is 1. The molecular formula is C15H14Cl2N8O. The van der Waals surface area contributed by atoms with E-state index in [1.165, 1.54) is 17.2 Å². The molecule has 1 aromatic carbocycles. The Kier molecular flexibility index (Phi) is 4.48. The summed E-state index contributed by atoms with van der Waals surface area (Å²) in [6, 6.07) is 5.55. The zero-order valence-electron chi connectivity index (χ0n) is 13.5. The summed E-state index contributed by atoms with van der Waals surface area (Å²) >= 11 is 12.1. The van der Waals surface area contributed by atoms with Gasteiger partial charge in [0, 0.05) is 31.9 Å². The Morgan fingerprint density at radius 3 is 2.62 bits per heavy atom. The summed E-state index contributed by atoms with van der Waals surface area (Å²) in [6.45, 7) is 2.56. The van der Waals surface area contributed by atoms with Gasteiger partial charge < -0.3 is 9.80 Å². The Labute approximate surface area is 158 Å². The number of benzene rings is 1. The third-order valence-corrected chi connectivity index (χ3v) is 5.00. The highest BCUT2D eigenvalue weighted by atomic mass is 35.5. The molecule has 1 amide bonds. The molecular weight excluding hydrogens is 379 g/mol. The fourth-order valence-electron chi connectivity index (χ4n) is 2.89. The minimum absolute atomic E-state index is 0.113. The number of anilines is 1. The van der Waals surface area contributed by atoms with Crippen molar-refractivity contribution in [3.8, 4) is 5.82 Å². The van der Waals surface area contributed by atoms with Gasteiger partial charge in [-0.25, -0.2) is 0 Å². The number of hydrogen-bond acceptors (Lipinski definition) is 6. The molecule has 0 spiro atoms. The number of aromatic amines is 1. The summed E-state index contributed by atoms with van der Waals surface area (Å²) in [5, 5.41) is 18.7. The zero-order valence-corrected chi connectivity index (χ0v) is 15.0. The first-order valence-electron chi connectivity index (χ1n) is 7.89. The number of aromatic nitrogens is 6. The standard InChI is InChI=1S/C15H14Cl2N8O/c16-12-2-1-10(7-13(12)17)23-3-5-24(6-4-23)15(26)11-8-18-20-14(11)25-9-19-21-22-25/h1-2,7-9H,3-6H2,(H,18,20). The molecule has 26 heavy (non-hydrogen) atoms. The van der Waals surface area contributed by atoms with Gasteiger partial charge in [-0.15, -0.1) is 5.10 Å². The first-order valence-corrected chi connectivity index (χ1v) is 8.65. The van der Waals surface area contributed by atoms with Gasteiger partial charge in [-0.3, -0.25) is 9.89 Å². The molecule has 4 rings (SSSR count). The zero-order chi connectivity index (χ0) is 18.1.